The van der Waals surface area contributed by atoms with Gasteiger partial charge in [0, 0.05) is 0 Å². The average molecular weight is 373 g/mol. The van der Waals surface area contributed by atoms with E-state index in [0.717, 1.165) is 31.1 Å². The second-order valence-electron chi connectivity index (χ2n) is 8.26. The summed E-state index contributed by atoms with van der Waals surface area (Å²) in [6.45, 7) is 9.56. The predicted octanol–water partition coefficient (Wildman–Crippen LogP) is 3.76. The molecule has 1 aliphatic rings. The van der Waals surface area contributed by atoms with Gasteiger partial charge in [0.25, 0.3) is 0 Å². The normalized spacial score (nSPS) is 28.1. The highest BCUT2D eigenvalue weighted by molar-refractivity contribution is 4.97. The second kappa shape index (κ2) is 12.8. The minimum absolute atomic E-state index is 0.428. The van der Waals surface area contributed by atoms with Crippen LogP contribution in [0.1, 0.15) is 79.1 Å². The lowest BCUT2D eigenvalue weighted by molar-refractivity contribution is -0.205. The molecule has 1 rings (SSSR count). The Morgan fingerprint density at radius 3 is 2.31 bits per heavy atom. The van der Waals surface area contributed by atoms with E-state index in [9.17, 15) is 15.3 Å². The Bertz CT molecular complexity index is 396. The summed E-state index contributed by atoms with van der Waals surface area (Å²) < 4.78 is 10.3. The summed E-state index contributed by atoms with van der Waals surface area (Å²) in [6.07, 6.45) is 6.93. The first-order valence-corrected chi connectivity index (χ1v) is 10.3. The quantitative estimate of drug-likeness (QED) is 0.339. The molecule has 0 radical (unpaired) electrons. The lowest BCUT2D eigenvalue weighted by Gasteiger charge is -2.14. The Kier molecular flexibility index (Phi) is 11.6. The molecular formula is C21H40O5. The Balaban J connectivity index is 2.04. The lowest BCUT2D eigenvalue weighted by Crippen LogP contribution is -2.33. The van der Waals surface area contributed by atoms with Crippen LogP contribution in [0.2, 0.25) is 0 Å². The van der Waals surface area contributed by atoms with Crippen LogP contribution in [-0.4, -0.2) is 46.7 Å². The van der Waals surface area contributed by atoms with Gasteiger partial charge in [0.15, 0.2) is 12.6 Å². The van der Waals surface area contributed by atoms with E-state index >= 15 is 0 Å². The van der Waals surface area contributed by atoms with Crippen LogP contribution in [0.5, 0.6) is 0 Å². The number of aliphatic hydroxyl groups excluding tert-OH is 3. The number of rotatable bonds is 13. The molecule has 5 nitrogen and oxygen atoms in total. The molecule has 1 fully saturated rings. The van der Waals surface area contributed by atoms with Crippen LogP contribution in [0.3, 0.4) is 0 Å². The Hall–Kier alpha value is -0.460. The van der Waals surface area contributed by atoms with E-state index in [-0.39, 0.29) is 0 Å². The molecule has 3 N–H and O–H groups in total. The summed E-state index contributed by atoms with van der Waals surface area (Å²) in [5.41, 5.74) is 1.42. The summed E-state index contributed by atoms with van der Waals surface area (Å²) in [6, 6.07) is 0. The Labute approximate surface area is 159 Å². The largest absolute Gasteiger partial charge is 0.385 e. The molecular weight excluding hydrogens is 332 g/mol. The fourth-order valence-corrected chi connectivity index (χ4v) is 3.25. The van der Waals surface area contributed by atoms with Crippen LogP contribution in [-0.2, 0) is 9.47 Å². The van der Waals surface area contributed by atoms with Crippen LogP contribution in [0.4, 0.5) is 0 Å². The molecule has 0 spiro atoms. The molecule has 154 valence electrons. The van der Waals surface area contributed by atoms with E-state index in [1.165, 1.54) is 37.7 Å². The molecule has 0 amide bonds. The minimum atomic E-state index is -1.37. The van der Waals surface area contributed by atoms with Crippen LogP contribution < -0.4 is 0 Å². The van der Waals surface area contributed by atoms with Crippen molar-refractivity contribution in [2.75, 3.05) is 6.61 Å². The number of hydrogen-bond donors (Lipinski definition) is 3. The van der Waals surface area contributed by atoms with Crippen molar-refractivity contribution in [3.63, 3.8) is 0 Å². The summed E-state index contributed by atoms with van der Waals surface area (Å²) in [5, 5.41) is 28.3. The van der Waals surface area contributed by atoms with E-state index in [4.69, 9.17) is 9.47 Å². The molecule has 0 aliphatic carbocycles. The van der Waals surface area contributed by atoms with Gasteiger partial charge in [-0.1, -0.05) is 58.1 Å². The zero-order valence-electron chi connectivity index (χ0n) is 17.1. The van der Waals surface area contributed by atoms with Crippen LogP contribution in [0.15, 0.2) is 11.6 Å². The van der Waals surface area contributed by atoms with Crippen molar-refractivity contribution in [1.82, 2.24) is 0 Å². The van der Waals surface area contributed by atoms with E-state index in [1.54, 1.807) is 0 Å². The fraction of sp³-hybridized carbons (Fsp3) is 0.905. The van der Waals surface area contributed by atoms with E-state index in [0.29, 0.717) is 6.61 Å². The van der Waals surface area contributed by atoms with Crippen molar-refractivity contribution in [2.24, 2.45) is 11.8 Å². The van der Waals surface area contributed by atoms with Gasteiger partial charge in [-0.05, 0) is 44.4 Å². The monoisotopic (exact) mass is 372 g/mol. The molecule has 0 aromatic rings. The maximum Gasteiger partial charge on any atom is 0.189 e. The van der Waals surface area contributed by atoms with Crippen molar-refractivity contribution in [2.45, 2.75) is 104 Å². The maximum absolute atomic E-state index is 9.62. The number of hydrogen-bond acceptors (Lipinski definition) is 5. The van der Waals surface area contributed by atoms with Gasteiger partial charge in [0.2, 0.25) is 0 Å². The molecule has 5 unspecified atom stereocenters. The van der Waals surface area contributed by atoms with Gasteiger partial charge in [-0.2, -0.15) is 0 Å². The van der Waals surface area contributed by atoms with Gasteiger partial charge in [-0.3, -0.25) is 0 Å². The summed E-state index contributed by atoms with van der Waals surface area (Å²) >= 11 is 0. The summed E-state index contributed by atoms with van der Waals surface area (Å²) in [5.74, 6) is 1.63. The highest BCUT2D eigenvalue weighted by atomic mass is 16.8. The van der Waals surface area contributed by atoms with E-state index in [2.05, 4.69) is 33.8 Å². The number of allylic oxidation sites excluding steroid dienone is 2. The summed E-state index contributed by atoms with van der Waals surface area (Å²) in [7, 11) is 0. The first-order chi connectivity index (χ1) is 12.3. The predicted molar refractivity (Wildman–Crippen MR) is 104 cm³/mol. The second-order valence-corrected chi connectivity index (χ2v) is 8.26. The van der Waals surface area contributed by atoms with E-state index < -0.39 is 24.8 Å². The first-order valence-electron chi connectivity index (χ1n) is 10.3. The summed E-state index contributed by atoms with van der Waals surface area (Å²) in [4.78, 5) is 0. The minimum Gasteiger partial charge on any atom is -0.385 e. The zero-order valence-corrected chi connectivity index (χ0v) is 17.1. The number of ether oxygens (including phenoxy) is 2. The number of unbranched alkanes of at least 4 members (excludes halogenated alkanes) is 1. The van der Waals surface area contributed by atoms with Crippen molar-refractivity contribution >= 4 is 0 Å². The molecule has 1 heterocycles. The van der Waals surface area contributed by atoms with Crippen molar-refractivity contribution < 1.29 is 24.8 Å². The van der Waals surface area contributed by atoms with Crippen molar-refractivity contribution in [3.05, 3.63) is 11.6 Å². The fourth-order valence-electron chi connectivity index (χ4n) is 3.25. The topological polar surface area (TPSA) is 79.2 Å². The van der Waals surface area contributed by atoms with Gasteiger partial charge in [-0.15, -0.1) is 0 Å². The SMILES string of the molecule is C/C(=C\CCCOC1OC(O)C(O)C1O)CCCC(C)CCCC(C)C. The molecule has 26 heavy (non-hydrogen) atoms. The standard InChI is InChI=1S/C21H40O5/c1-15(2)9-7-11-17(4)13-8-12-16(3)10-5-6-14-25-21-19(23)18(22)20(24)26-21/h10,15,17-24H,5-9,11-14H2,1-4H3/b16-10+. The first kappa shape index (κ1) is 23.6. The molecule has 1 aliphatic heterocycles. The molecule has 0 bridgehead atoms. The molecule has 1 saturated heterocycles. The maximum atomic E-state index is 9.62. The third kappa shape index (κ3) is 9.47. The van der Waals surface area contributed by atoms with Gasteiger partial charge in [0.05, 0.1) is 6.61 Å². The smallest absolute Gasteiger partial charge is 0.189 e. The Morgan fingerprint density at radius 1 is 1.00 bits per heavy atom. The third-order valence-electron chi connectivity index (χ3n) is 5.06. The van der Waals surface area contributed by atoms with Gasteiger partial charge in [0.1, 0.15) is 12.2 Å². The van der Waals surface area contributed by atoms with Crippen LogP contribution in [0.25, 0.3) is 0 Å². The van der Waals surface area contributed by atoms with E-state index in [1.807, 2.05) is 0 Å². The molecule has 5 atom stereocenters. The zero-order chi connectivity index (χ0) is 19.5. The van der Waals surface area contributed by atoms with Crippen LogP contribution in [0, 0.1) is 11.8 Å². The highest BCUT2D eigenvalue weighted by Crippen LogP contribution is 2.21. The lowest BCUT2D eigenvalue weighted by atomic mass is 9.94. The van der Waals surface area contributed by atoms with Crippen LogP contribution >= 0.6 is 0 Å². The van der Waals surface area contributed by atoms with Crippen molar-refractivity contribution in [3.8, 4) is 0 Å². The van der Waals surface area contributed by atoms with Gasteiger partial charge in [-0.25, -0.2) is 0 Å². The van der Waals surface area contributed by atoms with Gasteiger partial charge >= 0.3 is 0 Å². The average Bonchev–Trinajstić information content (AvgIpc) is 2.81. The number of aliphatic hydroxyl groups is 3. The molecule has 0 saturated carbocycles. The van der Waals surface area contributed by atoms with Crippen molar-refractivity contribution in [1.29, 1.82) is 0 Å². The van der Waals surface area contributed by atoms with Gasteiger partial charge < -0.3 is 24.8 Å². The molecule has 5 heteroatoms. The highest BCUT2D eigenvalue weighted by Gasteiger charge is 2.42. The molecule has 0 aromatic carbocycles. The molecule has 0 aromatic heterocycles. The Morgan fingerprint density at radius 2 is 1.69 bits per heavy atom. The third-order valence-corrected chi connectivity index (χ3v) is 5.06.